The van der Waals surface area contributed by atoms with E-state index in [1.807, 2.05) is 14.0 Å². The number of hydrogen-bond donors (Lipinski definition) is 1. The van der Waals surface area contributed by atoms with E-state index in [0.717, 1.165) is 38.7 Å². The zero-order chi connectivity index (χ0) is 14.3. The van der Waals surface area contributed by atoms with Crippen molar-refractivity contribution in [2.24, 2.45) is 0 Å². The SMILES string of the molecule is CCC(C#N)(CCCOC1CC(C)OC(C)C1)NC. The summed E-state index contributed by atoms with van der Waals surface area (Å²) in [6.45, 7) is 6.98. The maximum atomic E-state index is 9.22. The highest BCUT2D eigenvalue weighted by molar-refractivity contribution is 5.05. The largest absolute Gasteiger partial charge is 0.378 e. The monoisotopic (exact) mass is 268 g/mol. The van der Waals surface area contributed by atoms with E-state index in [0.29, 0.717) is 18.3 Å². The van der Waals surface area contributed by atoms with Crippen molar-refractivity contribution >= 4 is 0 Å². The number of nitrogens with zero attached hydrogens (tertiary/aromatic N) is 1. The van der Waals surface area contributed by atoms with Gasteiger partial charge >= 0.3 is 0 Å². The van der Waals surface area contributed by atoms with Gasteiger partial charge in [0.2, 0.25) is 0 Å². The second kappa shape index (κ2) is 7.84. The van der Waals surface area contributed by atoms with Crippen LogP contribution in [0, 0.1) is 11.3 Å². The number of hydrogen-bond acceptors (Lipinski definition) is 4. The van der Waals surface area contributed by atoms with Crippen molar-refractivity contribution in [1.29, 1.82) is 5.26 Å². The molecule has 0 aliphatic carbocycles. The van der Waals surface area contributed by atoms with Crippen LogP contribution in [0.15, 0.2) is 0 Å². The fraction of sp³-hybridized carbons (Fsp3) is 0.933. The molecule has 0 aromatic carbocycles. The minimum Gasteiger partial charge on any atom is -0.378 e. The highest BCUT2D eigenvalue weighted by atomic mass is 16.5. The summed E-state index contributed by atoms with van der Waals surface area (Å²) in [7, 11) is 1.86. The van der Waals surface area contributed by atoms with E-state index in [-0.39, 0.29) is 5.54 Å². The van der Waals surface area contributed by atoms with Gasteiger partial charge in [-0.05, 0) is 53.0 Å². The van der Waals surface area contributed by atoms with Gasteiger partial charge in [0.25, 0.3) is 0 Å². The van der Waals surface area contributed by atoms with Gasteiger partial charge in [-0.2, -0.15) is 5.26 Å². The lowest BCUT2D eigenvalue weighted by Crippen LogP contribution is -2.41. The van der Waals surface area contributed by atoms with Gasteiger partial charge in [0.15, 0.2) is 0 Å². The van der Waals surface area contributed by atoms with E-state index in [1.54, 1.807) is 0 Å². The molecule has 3 atom stereocenters. The molecule has 3 unspecified atom stereocenters. The van der Waals surface area contributed by atoms with E-state index in [2.05, 4.69) is 25.2 Å². The molecular weight excluding hydrogens is 240 g/mol. The van der Waals surface area contributed by atoms with Crippen LogP contribution in [0.2, 0.25) is 0 Å². The lowest BCUT2D eigenvalue weighted by atomic mass is 9.92. The highest BCUT2D eigenvalue weighted by Crippen LogP contribution is 2.22. The second-order valence-electron chi connectivity index (χ2n) is 5.62. The highest BCUT2D eigenvalue weighted by Gasteiger charge is 2.27. The topological polar surface area (TPSA) is 54.3 Å². The Morgan fingerprint density at radius 1 is 1.37 bits per heavy atom. The van der Waals surface area contributed by atoms with E-state index in [9.17, 15) is 5.26 Å². The average Bonchev–Trinajstić information content (AvgIpc) is 2.39. The summed E-state index contributed by atoms with van der Waals surface area (Å²) >= 11 is 0. The third kappa shape index (κ3) is 5.10. The summed E-state index contributed by atoms with van der Waals surface area (Å²) in [5.74, 6) is 0. The van der Waals surface area contributed by atoms with Crippen LogP contribution >= 0.6 is 0 Å². The summed E-state index contributed by atoms with van der Waals surface area (Å²) in [4.78, 5) is 0. The molecule has 0 aromatic heterocycles. The van der Waals surface area contributed by atoms with Crippen molar-refractivity contribution in [3.63, 3.8) is 0 Å². The van der Waals surface area contributed by atoms with E-state index >= 15 is 0 Å². The molecule has 0 radical (unpaired) electrons. The predicted octanol–water partition coefficient (Wildman–Crippen LogP) is 2.63. The van der Waals surface area contributed by atoms with Crippen LogP contribution in [0.3, 0.4) is 0 Å². The Kier molecular flexibility index (Phi) is 6.78. The molecule has 19 heavy (non-hydrogen) atoms. The van der Waals surface area contributed by atoms with Gasteiger partial charge in [-0.15, -0.1) is 0 Å². The molecular formula is C15H28N2O2. The van der Waals surface area contributed by atoms with Crippen molar-refractivity contribution in [3.05, 3.63) is 0 Å². The van der Waals surface area contributed by atoms with Gasteiger partial charge in [-0.25, -0.2) is 0 Å². The minimum atomic E-state index is -0.389. The minimum absolute atomic E-state index is 0.292. The van der Waals surface area contributed by atoms with Crippen LogP contribution in [0.25, 0.3) is 0 Å². The fourth-order valence-electron chi connectivity index (χ4n) is 2.77. The van der Waals surface area contributed by atoms with Crippen molar-refractivity contribution in [3.8, 4) is 6.07 Å². The summed E-state index contributed by atoms with van der Waals surface area (Å²) in [6.07, 6.45) is 5.44. The lowest BCUT2D eigenvalue weighted by Gasteiger charge is -2.32. The Labute approximate surface area is 117 Å². The Bertz CT molecular complexity index is 287. The smallest absolute Gasteiger partial charge is 0.106 e. The van der Waals surface area contributed by atoms with Gasteiger partial charge in [0.05, 0.1) is 24.4 Å². The lowest BCUT2D eigenvalue weighted by molar-refractivity contribution is -0.102. The molecule has 4 heteroatoms. The maximum absolute atomic E-state index is 9.22. The quantitative estimate of drug-likeness (QED) is 0.721. The molecule has 1 aliphatic rings. The summed E-state index contributed by atoms with van der Waals surface area (Å²) in [5, 5.41) is 12.4. The predicted molar refractivity (Wildman–Crippen MR) is 75.9 cm³/mol. The number of rotatable bonds is 7. The summed E-state index contributed by atoms with van der Waals surface area (Å²) in [5.41, 5.74) is -0.389. The second-order valence-corrected chi connectivity index (χ2v) is 5.62. The molecule has 0 spiro atoms. The molecule has 1 aliphatic heterocycles. The fourth-order valence-corrected chi connectivity index (χ4v) is 2.77. The summed E-state index contributed by atoms with van der Waals surface area (Å²) in [6, 6.07) is 2.38. The van der Waals surface area contributed by atoms with Crippen LogP contribution in [0.4, 0.5) is 0 Å². The number of ether oxygens (including phenoxy) is 2. The number of nitriles is 1. The Morgan fingerprint density at radius 2 is 2.00 bits per heavy atom. The van der Waals surface area contributed by atoms with Crippen LogP contribution in [0.5, 0.6) is 0 Å². The van der Waals surface area contributed by atoms with Gasteiger partial charge in [0, 0.05) is 6.61 Å². The standard InChI is InChI=1S/C15H28N2O2/c1-5-15(11-16,17-4)7-6-8-18-14-9-12(2)19-13(3)10-14/h12-14,17H,5-10H2,1-4H3. The van der Waals surface area contributed by atoms with Crippen LogP contribution in [0.1, 0.15) is 52.9 Å². The Hall–Kier alpha value is -0.630. The number of nitrogens with one attached hydrogen (secondary N) is 1. The Morgan fingerprint density at radius 3 is 2.47 bits per heavy atom. The first kappa shape index (κ1) is 16.4. The first-order valence-corrected chi connectivity index (χ1v) is 7.42. The molecule has 4 nitrogen and oxygen atoms in total. The molecule has 1 saturated heterocycles. The van der Waals surface area contributed by atoms with Crippen LogP contribution < -0.4 is 5.32 Å². The molecule has 0 bridgehead atoms. The van der Waals surface area contributed by atoms with Gasteiger partial charge in [0.1, 0.15) is 5.54 Å². The molecule has 1 rings (SSSR count). The third-order valence-electron chi connectivity index (χ3n) is 4.05. The molecule has 110 valence electrons. The van der Waals surface area contributed by atoms with Crippen molar-refractivity contribution < 1.29 is 9.47 Å². The zero-order valence-electron chi connectivity index (χ0n) is 12.7. The third-order valence-corrected chi connectivity index (χ3v) is 4.05. The molecule has 0 aromatic rings. The van der Waals surface area contributed by atoms with Gasteiger partial charge in [-0.1, -0.05) is 6.92 Å². The first-order valence-electron chi connectivity index (χ1n) is 7.42. The molecule has 0 saturated carbocycles. The van der Waals surface area contributed by atoms with E-state index < -0.39 is 0 Å². The maximum Gasteiger partial charge on any atom is 0.106 e. The molecule has 1 fully saturated rings. The van der Waals surface area contributed by atoms with Crippen molar-refractivity contribution in [2.45, 2.75) is 76.7 Å². The summed E-state index contributed by atoms with van der Waals surface area (Å²) < 4.78 is 11.6. The van der Waals surface area contributed by atoms with Gasteiger partial charge in [-0.3, -0.25) is 0 Å². The molecule has 1 heterocycles. The molecule has 1 N–H and O–H groups in total. The van der Waals surface area contributed by atoms with Crippen molar-refractivity contribution in [2.75, 3.05) is 13.7 Å². The van der Waals surface area contributed by atoms with E-state index in [4.69, 9.17) is 9.47 Å². The average molecular weight is 268 g/mol. The van der Waals surface area contributed by atoms with E-state index in [1.165, 1.54) is 0 Å². The van der Waals surface area contributed by atoms with Gasteiger partial charge < -0.3 is 14.8 Å². The molecule has 0 amide bonds. The van der Waals surface area contributed by atoms with Crippen LogP contribution in [-0.2, 0) is 9.47 Å². The first-order chi connectivity index (χ1) is 9.05. The zero-order valence-corrected chi connectivity index (χ0v) is 12.7. The van der Waals surface area contributed by atoms with Crippen LogP contribution in [-0.4, -0.2) is 37.5 Å². The van der Waals surface area contributed by atoms with Crippen molar-refractivity contribution in [1.82, 2.24) is 5.32 Å². The Balaban J connectivity index is 2.25. The normalized spacial score (nSPS) is 30.6.